The lowest BCUT2D eigenvalue weighted by Gasteiger charge is -2.27. The van der Waals surface area contributed by atoms with Crippen LogP contribution in [-0.2, 0) is 17.6 Å². The van der Waals surface area contributed by atoms with Gasteiger partial charge in [0, 0.05) is 27.7 Å². The molecule has 0 unspecified atom stereocenters. The average Bonchev–Trinajstić information content (AvgIpc) is 3.26. The summed E-state index contributed by atoms with van der Waals surface area (Å²) in [7, 11) is 0. The van der Waals surface area contributed by atoms with Crippen LogP contribution in [0.25, 0.3) is 23.1 Å². The van der Waals surface area contributed by atoms with Gasteiger partial charge in [-0.1, -0.05) is 56.5 Å². The SMILES string of the molecule is [C-]#[N+]/C(=C\c1ccc(/C=C/c2ccc3c(c2)CCc2ccccc2N3CCCCCC)s1)C(=O)O. The maximum atomic E-state index is 11.1. The fraction of sp³-hybridized carbons (Fsp3) is 0.267. The van der Waals surface area contributed by atoms with E-state index in [1.807, 2.05) is 12.1 Å². The summed E-state index contributed by atoms with van der Waals surface area (Å²) in [5, 5.41) is 9.06. The van der Waals surface area contributed by atoms with E-state index in [-0.39, 0.29) is 5.70 Å². The zero-order chi connectivity index (χ0) is 24.6. The summed E-state index contributed by atoms with van der Waals surface area (Å²) in [6.07, 6.45) is 12.6. The second-order valence-corrected chi connectivity index (χ2v) is 9.90. The number of carboxylic acid groups (broad SMARTS) is 1. The van der Waals surface area contributed by atoms with Crippen LogP contribution < -0.4 is 4.90 Å². The molecule has 1 aliphatic rings. The number of aliphatic carboxylic acids is 1. The van der Waals surface area contributed by atoms with Gasteiger partial charge in [-0.05, 0) is 78.4 Å². The van der Waals surface area contributed by atoms with Crippen molar-refractivity contribution < 1.29 is 9.90 Å². The van der Waals surface area contributed by atoms with Crippen LogP contribution in [0.15, 0.2) is 60.3 Å². The number of carboxylic acids is 1. The number of unbranched alkanes of at least 4 members (excludes halogenated alkanes) is 3. The first-order valence-electron chi connectivity index (χ1n) is 12.2. The number of thiophene rings is 1. The van der Waals surface area contributed by atoms with Gasteiger partial charge in [-0.25, -0.2) is 4.85 Å². The van der Waals surface area contributed by atoms with Crippen LogP contribution in [0.1, 0.15) is 59.1 Å². The molecule has 1 aliphatic heterocycles. The molecule has 0 bridgehead atoms. The lowest BCUT2D eigenvalue weighted by atomic mass is 10.0. The Morgan fingerprint density at radius 2 is 1.77 bits per heavy atom. The molecule has 1 aromatic heterocycles. The van der Waals surface area contributed by atoms with Crippen LogP contribution in [0, 0.1) is 6.57 Å². The Bertz CT molecular complexity index is 1300. The van der Waals surface area contributed by atoms with Gasteiger partial charge in [-0.3, -0.25) is 4.79 Å². The van der Waals surface area contributed by atoms with Gasteiger partial charge in [0.15, 0.2) is 0 Å². The quantitative estimate of drug-likeness (QED) is 0.190. The number of anilines is 2. The molecule has 0 saturated carbocycles. The second kappa shape index (κ2) is 11.7. The normalized spacial score (nSPS) is 13.3. The highest BCUT2D eigenvalue weighted by atomic mass is 32.1. The van der Waals surface area contributed by atoms with Crippen LogP contribution in [0.5, 0.6) is 0 Å². The highest BCUT2D eigenvalue weighted by Gasteiger charge is 2.20. The fourth-order valence-electron chi connectivity index (χ4n) is 4.49. The fourth-order valence-corrected chi connectivity index (χ4v) is 5.34. The standard InChI is InChI=1S/C30H30N2O2S/c1-3-4-5-8-19-32-28-10-7-6-9-23(28)13-14-24-20-22(12-18-29(24)32)11-15-25-16-17-26(35-25)21-27(31-2)30(33)34/h6-7,9-12,15-18,20-21H,3-5,8,13-14,19H2,1H3,(H,33,34)/b15-11+,27-21-. The van der Waals surface area contributed by atoms with Gasteiger partial charge in [0.25, 0.3) is 5.70 Å². The number of fused-ring (bicyclic) bond motifs is 2. The van der Waals surface area contributed by atoms with Crippen molar-refractivity contribution in [3.63, 3.8) is 0 Å². The first-order chi connectivity index (χ1) is 17.1. The van der Waals surface area contributed by atoms with Crippen LogP contribution in [-0.4, -0.2) is 17.6 Å². The van der Waals surface area contributed by atoms with Gasteiger partial charge in [0.1, 0.15) is 0 Å². The summed E-state index contributed by atoms with van der Waals surface area (Å²) in [6.45, 7) is 10.3. The Kier molecular flexibility index (Phi) is 8.18. The molecule has 178 valence electrons. The predicted molar refractivity (Wildman–Crippen MR) is 147 cm³/mol. The Hall–Kier alpha value is -3.62. The molecule has 0 radical (unpaired) electrons. The van der Waals surface area contributed by atoms with E-state index in [0.29, 0.717) is 0 Å². The zero-order valence-electron chi connectivity index (χ0n) is 20.0. The number of aryl methyl sites for hydroxylation is 2. The summed E-state index contributed by atoms with van der Waals surface area (Å²) < 4.78 is 0. The third-order valence-electron chi connectivity index (χ3n) is 6.28. The highest BCUT2D eigenvalue weighted by Crippen LogP contribution is 2.37. The van der Waals surface area contributed by atoms with Gasteiger partial charge in [-0.15, -0.1) is 11.3 Å². The van der Waals surface area contributed by atoms with E-state index in [2.05, 4.69) is 71.3 Å². The van der Waals surface area contributed by atoms with E-state index < -0.39 is 5.97 Å². The van der Waals surface area contributed by atoms with Crippen molar-refractivity contribution in [3.8, 4) is 0 Å². The predicted octanol–water partition coefficient (Wildman–Crippen LogP) is 8.08. The van der Waals surface area contributed by atoms with Crippen molar-refractivity contribution >= 4 is 46.9 Å². The van der Waals surface area contributed by atoms with E-state index in [1.165, 1.54) is 65.6 Å². The van der Waals surface area contributed by atoms with Gasteiger partial charge >= 0.3 is 5.97 Å². The van der Waals surface area contributed by atoms with E-state index in [0.717, 1.165) is 34.7 Å². The van der Waals surface area contributed by atoms with Crippen LogP contribution in [0.2, 0.25) is 0 Å². The molecule has 0 aliphatic carbocycles. The molecule has 5 heteroatoms. The first kappa shape index (κ1) is 24.5. The zero-order valence-corrected chi connectivity index (χ0v) is 20.9. The number of rotatable bonds is 9. The minimum absolute atomic E-state index is 0.270. The molecular weight excluding hydrogens is 452 g/mol. The minimum Gasteiger partial charge on any atom is -0.486 e. The Balaban J connectivity index is 1.56. The van der Waals surface area contributed by atoms with Gasteiger partial charge < -0.3 is 10.0 Å². The topological polar surface area (TPSA) is 44.9 Å². The number of benzene rings is 2. The Morgan fingerprint density at radius 1 is 1.00 bits per heavy atom. The number of carbonyl (C=O) groups is 1. The molecule has 0 spiro atoms. The van der Waals surface area contributed by atoms with E-state index in [1.54, 1.807) is 0 Å². The molecule has 0 fully saturated rings. The molecule has 0 atom stereocenters. The van der Waals surface area contributed by atoms with Crippen molar-refractivity contribution in [3.05, 3.63) is 98.2 Å². The average molecular weight is 483 g/mol. The van der Waals surface area contributed by atoms with E-state index >= 15 is 0 Å². The molecule has 1 N–H and O–H groups in total. The summed E-state index contributed by atoms with van der Waals surface area (Å²) in [4.78, 5) is 18.5. The first-order valence-corrected chi connectivity index (χ1v) is 13.0. The van der Waals surface area contributed by atoms with Gasteiger partial charge in [-0.2, -0.15) is 0 Å². The maximum Gasteiger partial charge on any atom is 0.333 e. The third kappa shape index (κ3) is 6.09. The molecule has 35 heavy (non-hydrogen) atoms. The van der Waals surface area contributed by atoms with Gasteiger partial charge in [0.05, 0.1) is 6.57 Å². The number of para-hydroxylation sites is 1. The monoisotopic (exact) mass is 482 g/mol. The van der Waals surface area contributed by atoms with Crippen molar-refractivity contribution in [2.75, 3.05) is 11.4 Å². The van der Waals surface area contributed by atoms with Crippen LogP contribution >= 0.6 is 11.3 Å². The van der Waals surface area contributed by atoms with E-state index in [9.17, 15) is 4.79 Å². The van der Waals surface area contributed by atoms with Crippen LogP contribution in [0.3, 0.4) is 0 Å². The second-order valence-electron chi connectivity index (χ2n) is 8.75. The summed E-state index contributed by atoms with van der Waals surface area (Å²) in [5.74, 6) is -1.20. The van der Waals surface area contributed by atoms with Crippen molar-refractivity contribution in [1.82, 2.24) is 0 Å². The smallest absolute Gasteiger partial charge is 0.333 e. The minimum atomic E-state index is -1.20. The largest absolute Gasteiger partial charge is 0.486 e. The highest BCUT2D eigenvalue weighted by molar-refractivity contribution is 7.13. The van der Waals surface area contributed by atoms with E-state index in [4.69, 9.17) is 11.7 Å². The van der Waals surface area contributed by atoms with Gasteiger partial charge in [0.2, 0.25) is 0 Å². The molecule has 2 heterocycles. The summed E-state index contributed by atoms with van der Waals surface area (Å²) >= 11 is 1.47. The molecule has 4 rings (SSSR count). The Morgan fingerprint density at radius 3 is 2.57 bits per heavy atom. The molecule has 3 aromatic rings. The number of nitrogens with zero attached hydrogens (tertiary/aromatic N) is 2. The maximum absolute atomic E-state index is 11.1. The van der Waals surface area contributed by atoms with Crippen molar-refractivity contribution in [2.24, 2.45) is 0 Å². The summed E-state index contributed by atoms with van der Waals surface area (Å²) in [5.41, 5.74) is 6.32. The van der Waals surface area contributed by atoms with Crippen molar-refractivity contribution in [1.29, 1.82) is 0 Å². The molecule has 0 saturated heterocycles. The molecular formula is C30H30N2O2S. The molecule has 0 amide bonds. The molecule has 2 aromatic carbocycles. The Labute approximate surface area is 211 Å². The van der Waals surface area contributed by atoms with Crippen molar-refractivity contribution in [2.45, 2.75) is 45.4 Å². The number of hydrogen-bond acceptors (Lipinski definition) is 3. The van der Waals surface area contributed by atoms with Crippen LogP contribution in [0.4, 0.5) is 11.4 Å². The lowest BCUT2D eigenvalue weighted by Crippen LogP contribution is -2.19. The summed E-state index contributed by atoms with van der Waals surface area (Å²) in [6, 6.07) is 19.3. The lowest BCUT2D eigenvalue weighted by molar-refractivity contribution is -0.132. The third-order valence-corrected chi connectivity index (χ3v) is 7.28. The molecule has 4 nitrogen and oxygen atoms in total. The number of hydrogen-bond donors (Lipinski definition) is 1.